The number of benzene rings is 1. The van der Waals surface area contributed by atoms with Crippen molar-refractivity contribution in [1.82, 2.24) is 0 Å². The van der Waals surface area contributed by atoms with E-state index in [0.717, 1.165) is 4.47 Å². The molecule has 2 aliphatic carbocycles. The number of hydrogen-bond acceptors (Lipinski definition) is 2. The van der Waals surface area contributed by atoms with Gasteiger partial charge in [-0.3, -0.25) is 9.59 Å². The number of rotatable bonds is 1. The molecule has 3 aliphatic rings. The molecule has 0 aromatic heterocycles. The largest absolute Gasteiger partial charge is 0.274 e. The molecule has 4 rings (SSSR count). The number of amides is 2. The lowest BCUT2D eigenvalue weighted by atomic mass is 9.85. The smallest absolute Gasteiger partial charge is 0.238 e. The zero-order chi connectivity index (χ0) is 15.6. The first-order valence-corrected chi connectivity index (χ1v) is 8.29. The lowest BCUT2D eigenvalue weighted by Gasteiger charge is -2.19. The molecule has 1 saturated heterocycles. The van der Waals surface area contributed by atoms with E-state index in [-0.39, 0.29) is 35.5 Å². The van der Waals surface area contributed by atoms with E-state index >= 15 is 0 Å². The van der Waals surface area contributed by atoms with Gasteiger partial charge in [-0.2, -0.15) is 0 Å². The van der Waals surface area contributed by atoms with Gasteiger partial charge < -0.3 is 0 Å². The summed E-state index contributed by atoms with van der Waals surface area (Å²) in [6.07, 6.45) is 4.23. The molecule has 1 aromatic rings. The van der Waals surface area contributed by atoms with Crippen LogP contribution in [0, 0.1) is 23.7 Å². The molecule has 0 radical (unpaired) electrons. The first kappa shape index (κ1) is 13.9. The first-order valence-electron chi connectivity index (χ1n) is 7.49. The predicted octanol–water partition coefficient (Wildman–Crippen LogP) is 3.71. The Kier molecular flexibility index (Phi) is 2.95. The summed E-state index contributed by atoms with van der Waals surface area (Å²) in [7, 11) is 0. The summed E-state index contributed by atoms with van der Waals surface area (Å²) in [6.45, 7) is 4.15. The summed E-state index contributed by atoms with van der Waals surface area (Å²) >= 11 is 3.41. The van der Waals surface area contributed by atoms with Gasteiger partial charge in [-0.1, -0.05) is 45.3 Å². The molecular formula is C18H16BrNO2. The Balaban J connectivity index is 1.78. The summed E-state index contributed by atoms with van der Waals surface area (Å²) in [4.78, 5) is 27.2. The van der Waals surface area contributed by atoms with Gasteiger partial charge in [0.05, 0.1) is 17.5 Å². The highest BCUT2D eigenvalue weighted by Gasteiger charge is 2.61. The highest BCUT2D eigenvalue weighted by Crippen LogP contribution is 2.57. The number of nitrogens with zero attached hydrogens (tertiary/aromatic N) is 1. The van der Waals surface area contributed by atoms with Crippen molar-refractivity contribution in [3.63, 3.8) is 0 Å². The molecule has 1 aromatic carbocycles. The van der Waals surface area contributed by atoms with Crippen LogP contribution in [0.1, 0.15) is 13.8 Å². The van der Waals surface area contributed by atoms with Crippen LogP contribution >= 0.6 is 15.9 Å². The maximum atomic E-state index is 12.9. The van der Waals surface area contributed by atoms with Crippen molar-refractivity contribution in [2.45, 2.75) is 13.8 Å². The Morgan fingerprint density at radius 2 is 1.64 bits per heavy atom. The summed E-state index contributed by atoms with van der Waals surface area (Å²) in [6, 6.07) is 7.39. The molecule has 4 atom stereocenters. The highest BCUT2D eigenvalue weighted by atomic mass is 79.9. The van der Waals surface area contributed by atoms with Crippen LogP contribution in [-0.4, -0.2) is 11.8 Å². The molecule has 4 heteroatoms. The third-order valence-corrected chi connectivity index (χ3v) is 5.55. The van der Waals surface area contributed by atoms with E-state index < -0.39 is 0 Å². The van der Waals surface area contributed by atoms with Crippen molar-refractivity contribution in [3.8, 4) is 0 Å². The van der Waals surface area contributed by atoms with Crippen LogP contribution in [0.25, 0.3) is 0 Å². The van der Waals surface area contributed by atoms with Crippen LogP contribution in [0.15, 0.2) is 52.0 Å². The van der Waals surface area contributed by atoms with Gasteiger partial charge in [-0.05, 0) is 32.0 Å². The zero-order valence-corrected chi connectivity index (χ0v) is 14.0. The molecule has 2 bridgehead atoms. The number of fused-ring (bicyclic) bond motifs is 5. The molecule has 0 unspecified atom stereocenters. The fourth-order valence-electron chi connectivity index (χ4n) is 4.30. The Morgan fingerprint density at radius 1 is 1.05 bits per heavy atom. The minimum absolute atomic E-state index is 0.0521. The van der Waals surface area contributed by atoms with Gasteiger partial charge in [-0.25, -0.2) is 4.90 Å². The van der Waals surface area contributed by atoms with Crippen molar-refractivity contribution in [2.75, 3.05) is 4.90 Å². The van der Waals surface area contributed by atoms with Crippen molar-refractivity contribution in [1.29, 1.82) is 0 Å². The number of imide groups is 1. The van der Waals surface area contributed by atoms with E-state index in [4.69, 9.17) is 0 Å². The average Bonchev–Trinajstić information content (AvgIpc) is 3.09. The van der Waals surface area contributed by atoms with Crippen molar-refractivity contribution in [3.05, 3.63) is 52.0 Å². The first-order chi connectivity index (χ1) is 10.5. The third-order valence-electron chi connectivity index (χ3n) is 5.06. The number of anilines is 1. The highest BCUT2D eigenvalue weighted by molar-refractivity contribution is 9.10. The number of carbonyl (C=O) groups excluding carboxylic acids is 2. The van der Waals surface area contributed by atoms with Crippen molar-refractivity contribution in [2.24, 2.45) is 23.7 Å². The van der Waals surface area contributed by atoms with Crippen LogP contribution in [0.3, 0.4) is 0 Å². The number of allylic oxidation sites excluding steroid dienone is 4. The molecule has 3 nitrogen and oxygen atoms in total. The van der Waals surface area contributed by atoms with E-state index in [9.17, 15) is 9.59 Å². The second kappa shape index (κ2) is 4.66. The third kappa shape index (κ3) is 1.67. The maximum Gasteiger partial charge on any atom is 0.238 e. The van der Waals surface area contributed by atoms with Gasteiger partial charge in [0.1, 0.15) is 0 Å². The van der Waals surface area contributed by atoms with E-state index in [1.165, 1.54) is 16.0 Å². The quantitative estimate of drug-likeness (QED) is 0.567. The molecule has 0 spiro atoms. The van der Waals surface area contributed by atoms with Crippen molar-refractivity contribution >= 4 is 33.4 Å². The Hall–Kier alpha value is -1.68. The van der Waals surface area contributed by atoms with Gasteiger partial charge in [-0.15, -0.1) is 0 Å². The summed E-state index contributed by atoms with van der Waals surface area (Å²) < 4.78 is 0.869. The Morgan fingerprint density at radius 3 is 2.14 bits per heavy atom. The second-order valence-electron chi connectivity index (χ2n) is 6.44. The van der Waals surface area contributed by atoms with Crippen LogP contribution < -0.4 is 4.90 Å². The summed E-state index contributed by atoms with van der Waals surface area (Å²) in [5.74, 6) is -0.327. The summed E-state index contributed by atoms with van der Waals surface area (Å²) in [5, 5.41) is 0. The lowest BCUT2D eigenvalue weighted by Crippen LogP contribution is -2.33. The number of carbonyl (C=O) groups is 2. The number of hydrogen-bond donors (Lipinski definition) is 0. The van der Waals surface area contributed by atoms with Gasteiger partial charge in [0, 0.05) is 16.3 Å². The molecule has 112 valence electrons. The van der Waals surface area contributed by atoms with Crippen LogP contribution in [0.4, 0.5) is 5.69 Å². The van der Waals surface area contributed by atoms with E-state index in [2.05, 4.69) is 41.9 Å². The zero-order valence-electron chi connectivity index (χ0n) is 12.4. The van der Waals surface area contributed by atoms with Crippen LogP contribution in [-0.2, 0) is 9.59 Å². The monoisotopic (exact) mass is 357 g/mol. The molecule has 1 heterocycles. The normalized spacial score (nSPS) is 32.1. The van der Waals surface area contributed by atoms with Crippen molar-refractivity contribution < 1.29 is 9.59 Å². The second-order valence-corrected chi connectivity index (χ2v) is 7.35. The molecule has 1 aliphatic heterocycles. The molecular weight excluding hydrogens is 342 g/mol. The maximum absolute atomic E-state index is 12.9. The Bertz CT molecular complexity index is 726. The topological polar surface area (TPSA) is 37.4 Å². The van der Waals surface area contributed by atoms with Gasteiger partial charge >= 0.3 is 0 Å². The average molecular weight is 358 g/mol. The standard InChI is InChI=1S/C18H16BrNO2/c1-9(2)14-12-6-7-13(14)16-15(12)17(21)20(18(16)22)11-5-3-4-10(19)8-11/h3-8,12-13,15-16H,1-2H3/t12-,13-,15+,16+/m0/s1. The lowest BCUT2D eigenvalue weighted by molar-refractivity contribution is -0.122. The molecule has 0 N–H and O–H groups in total. The molecule has 2 fully saturated rings. The van der Waals surface area contributed by atoms with Gasteiger partial charge in [0.25, 0.3) is 0 Å². The van der Waals surface area contributed by atoms with Gasteiger partial charge in [0.2, 0.25) is 11.8 Å². The van der Waals surface area contributed by atoms with E-state index in [1.54, 1.807) is 0 Å². The van der Waals surface area contributed by atoms with E-state index in [0.29, 0.717) is 5.69 Å². The van der Waals surface area contributed by atoms with Gasteiger partial charge in [0.15, 0.2) is 0 Å². The Labute approximate surface area is 137 Å². The SMILES string of the molecule is CC(C)=C1[C@@H]2C=C[C@@H]1[C@H]1C(=O)N(c3cccc(Br)c3)C(=O)[C@@H]12. The fraction of sp³-hybridized carbons (Fsp3) is 0.333. The summed E-state index contributed by atoms with van der Waals surface area (Å²) in [5.41, 5.74) is 3.19. The molecule has 2 amide bonds. The molecule has 1 saturated carbocycles. The van der Waals surface area contributed by atoms with Crippen LogP contribution in [0.5, 0.6) is 0 Å². The van der Waals surface area contributed by atoms with E-state index in [1.807, 2.05) is 24.3 Å². The molecule has 22 heavy (non-hydrogen) atoms. The minimum Gasteiger partial charge on any atom is -0.274 e. The number of halogens is 1. The predicted molar refractivity (Wildman–Crippen MR) is 88.1 cm³/mol. The fourth-order valence-corrected chi connectivity index (χ4v) is 4.69. The minimum atomic E-state index is -0.216. The van der Waals surface area contributed by atoms with Crippen LogP contribution in [0.2, 0.25) is 0 Å².